The lowest BCUT2D eigenvalue weighted by Gasteiger charge is -2.48. The first-order chi connectivity index (χ1) is 16.8. The van der Waals surface area contributed by atoms with E-state index in [9.17, 15) is 4.79 Å². The highest BCUT2D eigenvalue weighted by Gasteiger charge is 2.35. The third-order valence-electron chi connectivity index (χ3n) is 7.06. The molecule has 0 amide bonds. The summed E-state index contributed by atoms with van der Waals surface area (Å²) in [6.07, 6.45) is 5.20. The summed E-state index contributed by atoms with van der Waals surface area (Å²) in [7, 11) is 1.73. The van der Waals surface area contributed by atoms with E-state index in [1.807, 2.05) is 6.07 Å². The van der Waals surface area contributed by atoms with Crippen molar-refractivity contribution in [3.8, 4) is 6.07 Å². The van der Waals surface area contributed by atoms with E-state index in [4.69, 9.17) is 5.26 Å². The highest BCUT2D eigenvalue weighted by atomic mass is 79.9. The number of rotatable bonds is 4. The quantitative estimate of drug-likeness (QED) is 0.394. The number of nitriles is 1. The van der Waals surface area contributed by atoms with Gasteiger partial charge in [0.2, 0.25) is 0 Å². The van der Waals surface area contributed by atoms with Gasteiger partial charge in [-0.2, -0.15) is 10.4 Å². The number of nitrogens with zero attached hydrogens (tertiary/aromatic N) is 8. The molecule has 1 fully saturated rings. The van der Waals surface area contributed by atoms with Crippen molar-refractivity contribution in [3.63, 3.8) is 0 Å². The number of hydrogen-bond donors (Lipinski definition) is 0. The fourth-order valence-corrected chi connectivity index (χ4v) is 5.82. The summed E-state index contributed by atoms with van der Waals surface area (Å²) in [6, 6.07) is 8.98. The molecule has 35 heavy (non-hydrogen) atoms. The summed E-state index contributed by atoms with van der Waals surface area (Å²) in [5, 5.41) is 13.8. The molecule has 0 N–H and O–H groups in total. The summed E-state index contributed by atoms with van der Waals surface area (Å²) >= 11 is 3.57. The van der Waals surface area contributed by atoms with E-state index in [0.717, 1.165) is 40.8 Å². The number of benzene rings is 1. The van der Waals surface area contributed by atoms with Crippen molar-refractivity contribution < 1.29 is 0 Å². The van der Waals surface area contributed by atoms with Crippen LogP contribution in [0.15, 0.2) is 46.1 Å². The number of piperazine rings is 1. The number of pyridine rings is 1. The maximum absolute atomic E-state index is 13.0. The largest absolute Gasteiger partial charge is 0.363 e. The van der Waals surface area contributed by atoms with Gasteiger partial charge in [0, 0.05) is 50.7 Å². The molecule has 4 heterocycles. The van der Waals surface area contributed by atoms with Gasteiger partial charge in [-0.05, 0) is 54.4 Å². The minimum Gasteiger partial charge on any atom is -0.363 e. The maximum atomic E-state index is 13.0. The molecular weight excluding hydrogens is 508 g/mol. The first kappa shape index (κ1) is 23.5. The standard InChI is InChI=1S/C25H27BrN8O/c1-15-13-34(24-22(26)25(35)31(4)21-14-32(10-7-27)30-23(21)24)16(2)12-33(15)17(3)18-5-6-19-20(11-18)29-9-8-28-19/h5-6,8-9,11,14-17H,10,12-13H2,1-4H3/t15-,16+,17+/m1/s1. The number of aryl methyl sites for hydroxylation is 1. The van der Waals surface area contributed by atoms with Crippen molar-refractivity contribution in [1.29, 1.82) is 5.26 Å². The summed E-state index contributed by atoms with van der Waals surface area (Å²) in [6.45, 7) is 8.32. The number of halogens is 1. The van der Waals surface area contributed by atoms with Crippen LogP contribution >= 0.6 is 15.9 Å². The van der Waals surface area contributed by atoms with Gasteiger partial charge in [-0.25, -0.2) is 0 Å². The SMILES string of the molecule is C[C@@H]1CN(c2c(Br)c(=O)n(C)c3cn(CC#N)nc23)[C@@H](C)CN1[C@@H](C)c1ccc2nccnc2c1. The number of anilines is 1. The van der Waals surface area contributed by atoms with E-state index < -0.39 is 0 Å². The van der Waals surface area contributed by atoms with Crippen LogP contribution in [0, 0.1) is 11.3 Å². The van der Waals surface area contributed by atoms with Gasteiger partial charge in [0.1, 0.15) is 16.5 Å². The van der Waals surface area contributed by atoms with Crippen LogP contribution in [0.4, 0.5) is 5.69 Å². The lowest BCUT2D eigenvalue weighted by molar-refractivity contribution is 0.119. The lowest BCUT2D eigenvalue weighted by atomic mass is 10.00. The lowest BCUT2D eigenvalue weighted by Crippen LogP contribution is -2.57. The molecular formula is C25H27BrN8O. The van der Waals surface area contributed by atoms with Crippen molar-refractivity contribution in [2.45, 2.75) is 45.4 Å². The molecule has 0 unspecified atom stereocenters. The molecule has 5 rings (SSSR count). The monoisotopic (exact) mass is 534 g/mol. The average molecular weight is 535 g/mol. The van der Waals surface area contributed by atoms with Crippen LogP contribution in [0.2, 0.25) is 0 Å². The van der Waals surface area contributed by atoms with E-state index in [0.29, 0.717) is 4.47 Å². The molecule has 3 atom stereocenters. The zero-order chi connectivity index (χ0) is 24.9. The van der Waals surface area contributed by atoms with E-state index >= 15 is 0 Å². The van der Waals surface area contributed by atoms with Crippen LogP contribution in [0.5, 0.6) is 0 Å². The van der Waals surface area contributed by atoms with Gasteiger partial charge in [-0.15, -0.1) is 0 Å². The molecule has 1 aliphatic heterocycles. The second kappa shape index (κ2) is 9.06. The molecule has 0 bridgehead atoms. The van der Waals surface area contributed by atoms with Gasteiger partial charge in [-0.1, -0.05) is 6.07 Å². The van der Waals surface area contributed by atoms with E-state index in [-0.39, 0.29) is 30.2 Å². The minimum atomic E-state index is -0.114. The summed E-state index contributed by atoms with van der Waals surface area (Å²) in [5.74, 6) is 0. The topological polar surface area (TPSA) is 95.9 Å². The molecule has 0 aliphatic carbocycles. The molecule has 9 nitrogen and oxygen atoms in total. The van der Waals surface area contributed by atoms with Crippen molar-refractivity contribution in [1.82, 2.24) is 29.2 Å². The van der Waals surface area contributed by atoms with Crippen molar-refractivity contribution in [2.24, 2.45) is 7.05 Å². The van der Waals surface area contributed by atoms with Crippen LogP contribution in [-0.4, -0.2) is 54.4 Å². The maximum Gasteiger partial charge on any atom is 0.267 e. The Morgan fingerprint density at radius 2 is 1.91 bits per heavy atom. The molecule has 4 aromatic rings. The third-order valence-corrected chi connectivity index (χ3v) is 7.77. The van der Waals surface area contributed by atoms with E-state index in [2.05, 4.69) is 79.8 Å². The van der Waals surface area contributed by atoms with E-state index in [1.54, 1.807) is 34.9 Å². The van der Waals surface area contributed by atoms with Crippen LogP contribution in [0.1, 0.15) is 32.4 Å². The van der Waals surface area contributed by atoms with Gasteiger partial charge < -0.3 is 9.47 Å². The van der Waals surface area contributed by atoms with Gasteiger partial charge in [0.05, 0.1) is 34.5 Å². The zero-order valence-electron chi connectivity index (χ0n) is 20.2. The van der Waals surface area contributed by atoms with Gasteiger partial charge in [0.25, 0.3) is 5.56 Å². The molecule has 1 saturated heterocycles. The van der Waals surface area contributed by atoms with Crippen LogP contribution in [0.25, 0.3) is 22.1 Å². The highest BCUT2D eigenvalue weighted by molar-refractivity contribution is 9.10. The molecule has 180 valence electrons. The van der Waals surface area contributed by atoms with Crippen LogP contribution < -0.4 is 10.5 Å². The second-order valence-corrected chi connectivity index (χ2v) is 10.1. The number of hydrogen-bond acceptors (Lipinski definition) is 7. The Kier molecular flexibility index (Phi) is 6.07. The molecule has 1 aromatic carbocycles. The predicted octanol–water partition coefficient (Wildman–Crippen LogP) is 3.62. The first-order valence-corrected chi connectivity index (χ1v) is 12.4. The first-order valence-electron chi connectivity index (χ1n) is 11.7. The molecule has 0 radical (unpaired) electrons. The molecule has 3 aromatic heterocycles. The van der Waals surface area contributed by atoms with Gasteiger partial charge >= 0.3 is 0 Å². The summed E-state index contributed by atoms with van der Waals surface area (Å²) < 4.78 is 3.68. The normalized spacial score (nSPS) is 19.8. The highest BCUT2D eigenvalue weighted by Crippen LogP contribution is 2.36. The minimum absolute atomic E-state index is 0.114. The van der Waals surface area contributed by atoms with Crippen molar-refractivity contribution in [3.05, 3.63) is 57.2 Å². The Balaban J connectivity index is 1.49. The Morgan fingerprint density at radius 1 is 1.17 bits per heavy atom. The molecule has 10 heteroatoms. The van der Waals surface area contributed by atoms with Gasteiger partial charge in [-0.3, -0.25) is 24.3 Å². The fraction of sp³-hybridized carbons (Fsp3) is 0.400. The van der Waals surface area contributed by atoms with Crippen LogP contribution in [0.3, 0.4) is 0 Å². The van der Waals surface area contributed by atoms with Crippen LogP contribution in [-0.2, 0) is 13.6 Å². The second-order valence-electron chi connectivity index (χ2n) is 9.27. The number of aromatic nitrogens is 5. The Morgan fingerprint density at radius 3 is 2.66 bits per heavy atom. The summed E-state index contributed by atoms with van der Waals surface area (Å²) in [5.41, 5.74) is 5.13. The smallest absolute Gasteiger partial charge is 0.267 e. The number of fused-ring (bicyclic) bond motifs is 2. The summed E-state index contributed by atoms with van der Waals surface area (Å²) in [4.78, 5) is 26.7. The van der Waals surface area contributed by atoms with Crippen molar-refractivity contribution >= 4 is 43.7 Å². The molecule has 1 aliphatic rings. The van der Waals surface area contributed by atoms with Crippen molar-refractivity contribution in [2.75, 3.05) is 18.0 Å². The molecule has 0 spiro atoms. The molecule has 0 saturated carbocycles. The average Bonchev–Trinajstić information content (AvgIpc) is 3.27. The third kappa shape index (κ3) is 3.98. The Bertz CT molecular complexity index is 1520. The Labute approximate surface area is 211 Å². The predicted molar refractivity (Wildman–Crippen MR) is 139 cm³/mol. The fourth-order valence-electron chi connectivity index (χ4n) is 5.14. The van der Waals surface area contributed by atoms with E-state index in [1.165, 1.54) is 5.56 Å². The zero-order valence-corrected chi connectivity index (χ0v) is 21.8. The van der Waals surface area contributed by atoms with Gasteiger partial charge in [0.15, 0.2) is 0 Å². The Hall–Kier alpha value is -3.29.